The first-order valence-corrected chi connectivity index (χ1v) is 13.0. The van der Waals surface area contributed by atoms with E-state index in [-0.39, 0.29) is 18.8 Å². The van der Waals surface area contributed by atoms with E-state index in [0.29, 0.717) is 17.7 Å². The number of rotatable bonds is 8. The Hall–Kier alpha value is -3.63. The highest BCUT2D eigenvalue weighted by molar-refractivity contribution is 7.19. The first-order valence-electron chi connectivity index (χ1n) is 12.1. The van der Waals surface area contributed by atoms with Crippen LogP contribution in [0.5, 0.6) is 11.5 Å². The van der Waals surface area contributed by atoms with Gasteiger partial charge in [0, 0.05) is 54.8 Å². The molecule has 0 bridgehead atoms. The largest absolute Gasteiger partial charge is 0.507 e. The number of ether oxygens (including phenoxy) is 5. The highest BCUT2D eigenvalue weighted by atomic mass is 32.1. The maximum Gasteiger partial charge on any atom is 0.303 e. The molecule has 2 aromatic carbocycles. The minimum Gasteiger partial charge on any atom is -0.507 e. The van der Waals surface area contributed by atoms with Gasteiger partial charge in [0.2, 0.25) is 0 Å². The average molecular weight is 543 g/mol. The van der Waals surface area contributed by atoms with Gasteiger partial charge in [-0.15, -0.1) is 11.3 Å². The zero-order valence-electron chi connectivity index (χ0n) is 21.6. The van der Waals surface area contributed by atoms with Crippen LogP contribution in [0.15, 0.2) is 42.5 Å². The van der Waals surface area contributed by atoms with E-state index in [1.807, 2.05) is 18.2 Å². The predicted octanol–water partition coefficient (Wildman–Crippen LogP) is 4.46. The Kier molecular flexibility index (Phi) is 8.53. The fraction of sp³-hybridized carbons (Fsp3) is 0.393. The van der Waals surface area contributed by atoms with Gasteiger partial charge in [0.25, 0.3) is 0 Å². The van der Waals surface area contributed by atoms with Gasteiger partial charge in [0.1, 0.15) is 30.3 Å². The van der Waals surface area contributed by atoms with Crippen molar-refractivity contribution < 1.29 is 43.2 Å². The summed E-state index contributed by atoms with van der Waals surface area (Å²) in [6.45, 7) is 3.51. The lowest BCUT2D eigenvalue weighted by Gasteiger charge is -2.40. The maximum absolute atomic E-state index is 11.9. The molecule has 202 valence electrons. The van der Waals surface area contributed by atoms with Crippen LogP contribution in [0, 0.1) is 0 Å². The molecule has 0 aliphatic carbocycles. The summed E-state index contributed by atoms with van der Waals surface area (Å²) in [5.74, 6) is -1.25. The van der Waals surface area contributed by atoms with Gasteiger partial charge in [0.15, 0.2) is 6.10 Å². The molecule has 1 aromatic heterocycles. The van der Waals surface area contributed by atoms with Gasteiger partial charge in [-0.05, 0) is 29.1 Å². The number of aromatic hydroxyl groups is 1. The van der Waals surface area contributed by atoms with E-state index in [2.05, 4.69) is 18.2 Å². The molecule has 0 spiro atoms. The first kappa shape index (κ1) is 27.4. The number of fused-ring (bicyclic) bond motifs is 1. The molecule has 1 saturated heterocycles. The van der Waals surface area contributed by atoms with Crippen molar-refractivity contribution >= 4 is 39.3 Å². The molecule has 0 saturated carbocycles. The van der Waals surface area contributed by atoms with Gasteiger partial charge in [-0.2, -0.15) is 0 Å². The van der Waals surface area contributed by atoms with Crippen molar-refractivity contribution in [2.75, 3.05) is 13.7 Å². The molecule has 3 aromatic rings. The van der Waals surface area contributed by atoms with Crippen molar-refractivity contribution in [3.05, 3.63) is 58.5 Å². The van der Waals surface area contributed by atoms with Crippen LogP contribution in [0.1, 0.15) is 49.3 Å². The normalized spacial score (nSPS) is 21.1. The summed E-state index contributed by atoms with van der Waals surface area (Å²) < 4.78 is 29.0. The predicted molar refractivity (Wildman–Crippen MR) is 139 cm³/mol. The van der Waals surface area contributed by atoms with Crippen molar-refractivity contribution in [2.24, 2.45) is 0 Å². The van der Waals surface area contributed by atoms with E-state index < -0.39 is 42.3 Å². The Labute approximate surface area is 224 Å². The monoisotopic (exact) mass is 542 g/mol. The summed E-state index contributed by atoms with van der Waals surface area (Å²) in [7, 11) is 1.54. The van der Waals surface area contributed by atoms with Gasteiger partial charge >= 0.3 is 17.9 Å². The van der Waals surface area contributed by atoms with Crippen LogP contribution in [0.2, 0.25) is 0 Å². The SMILES string of the molecule is COc1cc(O)c([C@H]2C[C@@H](OC(C)=O)[C@H](OC(C)=O)[C@@H](COC(C)=O)O2)cc1Cc1cc2ccccc2s1. The molecule has 38 heavy (non-hydrogen) atoms. The standard InChI is InChI=1S/C28H30O9S/c1-15(29)34-14-26-28(36-17(3)31)25(35-16(2)30)13-24(37-26)21-11-19(23(33-4)12-22(21)32)10-20-9-18-7-5-6-8-27(18)38-20/h5-9,11-12,24-26,28,32H,10,13-14H2,1-4H3/t24-,25-,26-,28+/m1/s1. The molecule has 0 amide bonds. The lowest BCUT2D eigenvalue weighted by Crippen LogP contribution is -2.51. The van der Waals surface area contributed by atoms with Crippen LogP contribution in [0.4, 0.5) is 0 Å². The van der Waals surface area contributed by atoms with Crippen LogP contribution in [0.25, 0.3) is 10.1 Å². The minimum atomic E-state index is -0.995. The third-order valence-electron chi connectivity index (χ3n) is 6.21. The number of esters is 3. The van der Waals surface area contributed by atoms with E-state index in [9.17, 15) is 19.5 Å². The number of hydrogen-bond donors (Lipinski definition) is 1. The number of carbonyl (C=O) groups is 3. The van der Waals surface area contributed by atoms with Crippen molar-refractivity contribution in [3.8, 4) is 11.5 Å². The quantitative estimate of drug-likeness (QED) is 0.325. The van der Waals surface area contributed by atoms with Crippen LogP contribution >= 0.6 is 11.3 Å². The molecule has 4 rings (SSSR count). The molecule has 1 N–H and O–H groups in total. The summed E-state index contributed by atoms with van der Waals surface area (Å²) in [6.07, 6.45) is -2.90. The molecule has 0 unspecified atom stereocenters. The van der Waals surface area contributed by atoms with E-state index >= 15 is 0 Å². The zero-order chi connectivity index (χ0) is 27.4. The Bertz CT molecular complexity index is 1300. The number of methoxy groups -OCH3 is 1. The Morgan fingerprint density at radius 3 is 2.42 bits per heavy atom. The number of hydrogen-bond acceptors (Lipinski definition) is 10. The smallest absolute Gasteiger partial charge is 0.303 e. The molecule has 10 heteroatoms. The van der Waals surface area contributed by atoms with Crippen LogP contribution < -0.4 is 4.74 Å². The molecule has 1 aliphatic rings. The lowest BCUT2D eigenvalue weighted by molar-refractivity contribution is -0.216. The van der Waals surface area contributed by atoms with E-state index in [0.717, 1.165) is 15.8 Å². The van der Waals surface area contributed by atoms with Crippen molar-refractivity contribution in [2.45, 2.75) is 58.0 Å². The first-order chi connectivity index (χ1) is 18.1. The second-order valence-corrected chi connectivity index (χ2v) is 10.2. The Balaban J connectivity index is 1.68. The molecular formula is C28H30O9S. The molecule has 1 aliphatic heterocycles. The van der Waals surface area contributed by atoms with E-state index in [4.69, 9.17) is 23.7 Å². The number of carbonyl (C=O) groups excluding carboxylic acids is 3. The second kappa shape index (κ2) is 11.8. The van der Waals surface area contributed by atoms with Gasteiger partial charge < -0.3 is 28.8 Å². The number of phenolic OH excluding ortho intramolecular Hbond substituents is 1. The number of phenols is 1. The highest BCUT2D eigenvalue weighted by Gasteiger charge is 2.44. The van der Waals surface area contributed by atoms with Crippen molar-refractivity contribution in [3.63, 3.8) is 0 Å². The maximum atomic E-state index is 11.9. The zero-order valence-corrected chi connectivity index (χ0v) is 22.4. The van der Waals surface area contributed by atoms with Crippen molar-refractivity contribution in [1.29, 1.82) is 0 Å². The molecule has 4 atom stereocenters. The molecular weight excluding hydrogens is 512 g/mol. The summed E-state index contributed by atoms with van der Waals surface area (Å²) >= 11 is 1.68. The average Bonchev–Trinajstić information content (AvgIpc) is 3.26. The summed E-state index contributed by atoms with van der Waals surface area (Å²) in [5.41, 5.74) is 1.28. The Morgan fingerprint density at radius 1 is 1.03 bits per heavy atom. The number of benzene rings is 2. The summed E-state index contributed by atoms with van der Waals surface area (Å²) in [4.78, 5) is 36.3. The van der Waals surface area contributed by atoms with E-state index in [1.54, 1.807) is 11.3 Å². The minimum absolute atomic E-state index is 0.0642. The van der Waals surface area contributed by atoms with E-state index in [1.165, 1.54) is 38.6 Å². The molecule has 9 nitrogen and oxygen atoms in total. The lowest BCUT2D eigenvalue weighted by atomic mass is 9.91. The number of thiophene rings is 1. The van der Waals surface area contributed by atoms with Crippen molar-refractivity contribution in [1.82, 2.24) is 0 Å². The topological polar surface area (TPSA) is 118 Å². The Morgan fingerprint density at radius 2 is 1.76 bits per heavy atom. The highest BCUT2D eigenvalue weighted by Crippen LogP contribution is 2.42. The van der Waals surface area contributed by atoms with Gasteiger partial charge in [0.05, 0.1) is 13.2 Å². The van der Waals surface area contributed by atoms with Crippen LogP contribution in [0.3, 0.4) is 0 Å². The fourth-order valence-corrected chi connectivity index (χ4v) is 5.75. The van der Waals surface area contributed by atoms with Crippen LogP contribution in [-0.4, -0.2) is 55.0 Å². The third-order valence-corrected chi connectivity index (χ3v) is 7.32. The third kappa shape index (κ3) is 6.43. The summed E-state index contributed by atoms with van der Waals surface area (Å²) in [6, 6.07) is 13.6. The fourth-order valence-electron chi connectivity index (χ4n) is 4.66. The molecule has 0 radical (unpaired) electrons. The summed E-state index contributed by atoms with van der Waals surface area (Å²) in [5, 5.41) is 12.1. The van der Waals surface area contributed by atoms with Gasteiger partial charge in [-0.25, -0.2) is 0 Å². The molecule has 1 fully saturated rings. The van der Waals surface area contributed by atoms with Gasteiger partial charge in [-0.3, -0.25) is 14.4 Å². The van der Waals surface area contributed by atoms with Crippen LogP contribution in [-0.2, 0) is 39.8 Å². The van der Waals surface area contributed by atoms with Gasteiger partial charge in [-0.1, -0.05) is 18.2 Å². The molecule has 2 heterocycles. The second-order valence-electron chi connectivity index (χ2n) is 9.07.